The van der Waals surface area contributed by atoms with E-state index in [0.29, 0.717) is 24.3 Å². The molecule has 1 aliphatic rings. The number of likely N-dealkylation sites (tertiary alicyclic amines) is 1. The number of hydrogen-bond donors (Lipinski definition) is 1. The number of aliphatic carboxylic acids is 1. The van der Waals surface area contributed by atoms with Gasteiger partial charge in [-0.15, -0.1) is 12.4 Å². The number of carboxylic acids is 1. The molecule has 1 aromatic rings. The van der Waals surface area contributed by atoms with Gasteiger partial charge in [-0.2, -0.15) is 0 Å². The van der Waals surface area contributed by atoms with Crippen LogP contribution in [-0.4, -0.2) is 42.1 Å². The van der Waals surface area contributed by atoms with Crippen molar-refractivity contribution in [1.82, 2.24) is 4.90 Å². The van der Waals surface area contributed by atoms with E-state index in [0.717, 1.165) is 0 Å². The molecule has 116 valence electrons. The Hall–Kier alpha value is -1.17. The highest BCUT2D eigenvalue weighted by molar-refractivity contribution is 6.37. The molecule has 1 amide bonds. The summed E-state index contributed by atoms with van der Waals surface area (Å²) >= 11 is 12.0. The molecule has 1 aromatic carbocycles. The summed E-state index contributed by atoms with van der Waals surface area (Å²) in [6, 6.07) is 2.95. The number of benzene rings is 1. The van der Waals surface area contributed by atoms with Crippen LogP contribution in [0.15, 0.2) is 12.1 Å². The van der Waals surface area contributed by atoms with Gasteiger partial charge in [-0.25, -0.2) is 0 Å². The third-order valence-electron chi connectivity index (χ3n) is 3.27. The Morgan fingerprint density at radius 1 is 1.33 bits per heavy atom. The van der Waals surface area contributed by atoms with Gasteiger partial charge >= 0.3 is 5.97 Å². The molecule has 1 atom stereocenters. The molecule has 1 aliphatic heterocycles. The van der Waals surface area contributed by atoms with Crippen LogP contribution in [0.2, 0.25) is 10.0 Å². The normalized spacial score (nSPS) is 17.3. The van der Waals surface area contributed by atoms with Crippen LogP contribution in [-0.2, 0) is 4.79 Å². The van der Waals surface area contributed by atoms with Crippen molar-refractivity contribution < 1.29 is 19.4 Å². The molecule has 2 rings (SSSR count). The summed E-state index contributed by atoms with van der Waals surface area (Å²) in [5.74, 6) is -1.36. The van der Waals surface area contributed by atoms with Crippen LogP contribution in [0.25, 0.3) is 0 Å². The molecule has 0 bridgehead atoms. The summed E-state index contributed by atoms with van der Waals surface area (Å²) in [5.41, 5.74) is 0.326. The van der Waals surface area contributed by atoms with E-state index < -0.39 is 11.9 Å². The molecule has 5 nitrogen and oxygen atoms in total. The number of methoxy groups -OCH3 is 1. The second-order valence-corrected chi connectivity index (χ2v) is 5.36. The van der Waals surface area contributed by atoms with Crippen LogP contribution in [0.3, 0.4) is 0 Å². The lowest BCUT2D eigenvalue weighted by atomic mass is 10.1. The topological polar surface area (TPSA) is 66.8 Å². The maximum absolute atomic E-state index is 12.3. The molecule has 0 radical (unpaired) electrons. The Morgan fingerprint density at radius 2 is 1.90 bits per heavy atom. The zero-order valence-electron chi connectivity index (χ0n) is 11.1. The standard InChI is InChI=1S/C13H13Cl2NO4.ClH/c1-20-11-9(14)4-8(5-10(11)15)12(17)16-3-2-7(6-16)13(18)19;/h4-5,7H,2-3,6H2,1H3,(H,18,19);1H. The average molecular weight is 355 g/mol. The van der Waals surface area contributed by atoms with Gasteiger partial charge in [0.15, 0.2) is 5.75 Å². The Labute approximate surface area is 138 Å². The number of carbonyl (C=O) groups is 2. The van der Waals surface area contributed by atoms with Crippen molar-refractivity contribution in [2.75, 3.05) is 20.2 Å². The van der Waals surface area contributed by atoms with Crippen LogP contribution < -0.4 is 4.74 Å². The van der Waals surface area contributed by atoms with Gasteiger partial charge in [0.05, 0.1) is 23.1 Å². The SMILES string of the molecule is COc1c(Cl)cc(C(=O)N2CCC(C(=O)O)C2)cc1Cl.Cl. The van der Waals surface area contributed by atoms with Crippen LogP contribution in [0.1, 0.15) is 16.8 Å². The van der Waals surface area contributed by atoms with E-state index in [9.17, 15) is 9.59 Å². The smallest absolute Gasteiger partial charge is 0.308 e. The van der Waals surface area contributed by atoms with E-state index in [1.54, 1.807) is 0 Å². The second kappa shape index (κ2) is 7.20. The first kappa shape index (κ1) is 17.9. The quantitative estimate of drug-likeness (QED) is 0.906. The van der Waals surface area contributed by atoms with Crippen LogP contribution >= 0.6 is 35.6 Å². The number of hydrogen-bond acceptors (Lipinski definition) is 3. The molecular formula is C13H14Cl3NO4. The Balaban J connectivity index is 0.00000220. The predicted molar refractivity (Wildman–Crippen MR) is 81.9 cm³/mol. The Kier molecular flexibility index (Phi) is 6.13. The fourth-order valence-electron chi connectivity index (χ4n) is 2.21. The molecule has 21 heavy (non-hydrogen) atoms. The largest absolute Gasteiger partial charge is 0.494 e. The van der Waals surface area contributed by atoms with Gasteiger partial charge in [0.1, 0.15) is 0 Å². The highest BCUT2D eigenvalue weighted by atomic mass is 35.5. The molecule has 1 N–H and O–H groups in total. The molecule has 0 spiro atoms. The van der Waals surface area contributed by atoms with Gasteiger partial charge in [-0.05, 0) is 18.6 Å². The minimum Gasteiger partial charge on any atom is -0.494 e. The van der Waals surface area contributed by atoms with Crippen molar-refractivity contribution in [2.45, 2.75) is 6.42 Å². The van der Waals surface area contributed by atoms with Gasteiger partial charge in [0.2, 0.25) is 0 Å². The molecule has 0 aromatic heterocycles. The van der Waals surface area contributed by atoms with Gasteiger partial charge < -0.3 is 14.7 Å². The fourth-order valence-corrected chi connectivity index (χ4v) is 2.85. The molecule has 0 aliphatic carbocycles. The third-order valence-corrected chi connectivity index (χ3v) is 3.84. The zero-order valence-corrected chi connectivity index (χ0v) is 13.5. The van der Waals surface area contributed by atoms with Crippen molar-refractivity contribution in [2.24, 2.45) is 5.92 Å². The summed E-state index contributed by atoms with van der Waals surface area (Å²) in [6.07, 6.45) is 0.457. The number of carbonyl (C=O) groups excluding carboxylic acids is 1. The molecule has 1 fully saturated rings. The first-order chi connectivity index (χ1) is 9.43. The van der Waals surface area contributed by atoms with Crippen LogP contribution in [0.4, 0.5) is 0 Å². The highest BCUT2D eigenvalue weighted by Crippen LogP contribution is 2.34. The van der Waals surface area contributed by atoms with Crippen molar-refractivity contribution in [1.29, 1.82) is 0 Å². The number of amides is 1. The molecule has 1 heterocycles. The Bertz CT molecular complexity index is 541. The van der Waals surface area contributed by atoms with E-state index >= 15 is 0 Å². The first-order valence-corrected chi connectivity index (χ1v) is 6.74. The summed E-state index contributed by atoms with van der Waals surface area (Å²) in [6.45, 7) is 0.618. The fraction of sp³-hybridized carbons (Fsp3) is 0.385. The van der Waals surface area contributed by atoms with Crippen molar-refractivity contribution in [3.63, 3.8) is 0 Å². The van der Waals surface area contributed by atoms with E-state index in [1.807, 2.05) is 0 Å². The minimum absolute atomic E-state index is 0. The molecular weight excluding hydrogens is 341 g/mol. The maximum Gasteiger partial charge on any atom is 0.308 e. The lowest BCUT2D eigenvalue weighted by Crippen LogP contribution is -2.29. The predicted octanol–water partition coefficient (Wildman–Crippen LogP) is 2.97. The van der Waals surface area contributed by atoms with Crippen LogP contribution in [0, 0.1) is 5.92 Å². The van der Waals surface area contributed by atoms with Crippen molar-refractivity contribution in [3.05, 3.63) is 27.7 Å². The number of ether oxygens (including phenoxy) is 1. The van der Waals surface area contributed by atoms with E-state index in [2.05, 4.69) is 0 Å². The lowest BCUT2D eigenvalue weighted by Gasteiger charge is -2.17. The van der Waals surface area contributed by atoms with Crippen LogP contribution in [0.5, 0.6) is 5.75 Å². The molecule has 1 saturated heterocycles. The van der Waals surface area contributed by atoms with Gasteiger partial charge in [0, 0.05) is 18.7 Å². The highest BCUT2D eigenvalue weighted by Gasteiger charge is 2.31. The second-order valence-electron chi connectivity index (χ2n) is 4.55. The summed E-state index contributed by atoms with van der Waals surface area (Å²) < 4.78 is 5.02. The van der Waals surface area contributed by atoms with Crippen molar-refractivity contribution in [3.8, 4) is 5.75 Å². The van der Waals surface area contributed by atoms with E-state index in [-0.39, 0.29) is 34.9 Å². The monoisotopic (exact) mass is 353 g/mol. The van der Waals surface area contributed by atoms with Gasteiger partial charge in [-0.1, -0.05) is 23.2 Å². The summed E-state index contributed by atoms with van der Waals surface area (Å²) in [5, 5.41) is 9.44. The lowest BCUT2D eigenvalue weighted by molar-refractivity contribution is -0.141. The van der Waals surface area contributed by atoms with E-state index in [1.165, 1.54) is 24.1 Å². The third kappa shape index (κ3) is 3.73. The van der Waals surface area contributed by atoms with Gasteiger partial charge in [-0.3, -0.25) is 9.59 Å². The minimum atomic E-state index is -0.883. The average Bonchev–Trinajstić information content (AvgIpc) is 2.87. The van der Waals surface area contributed by atoms with E-state index in [4.69, 9.17) is 33.0 Å². The number of carboxylic acid groups (broad SMARTS) is 1. The molecule has 0 saturated carbocycles. The summed E-state index contributed by atoms with van der Waals surface area (Å²) in [7, 11) is 1.44. The maximum atomic E-state index is 12.3. The Morgan fingerprint density at radius 3 is 2.33 bits per heavy atom. The number of halogens is 3. The molecule has 8 heteroatoms. The molecule has 1 unspecified atom stereocenters. The van der Waals surface area contributed by atoms with Crippen molar-refractivity contribution >= 4 is 47.5 Å². The number of rotatable bonds is 3. The number of nitrogens with zero attached hydrogens (tertiary/aromatic N) is 1. The van der Waals surface area contributed by atoms with Gasteiger partial charge in [0.25, 0.3) is 5.91 Å². The zero-order chi connectivity index (χ0) is 14.9. The summed E-state index contributed by atoms with van der Waals surface area (Å²) in [4.78, 5) is 24.7. The first-order valence-electron chi connectivity index (χ1n) is 5.99.